The third kappa shape index (κ3) is 5.89. The van der Waals surface area contributed by atoms with Crippen LogP contribution in [0.1, 0.15) is 6.92 Å². The molecule has 2 aromatic carbocycles. The molecule has 3 aromatic rings. The van der Waals surface area contributed by atoms with Gasteiger partial charge in [-0.3, -0.25) is 4.79 Å². The summed E-state index contributed by atoms with van der Waals surface area (Å²) in [5, 5.41) is 14.2. The molecule has 0 spiro atoms. The maximum absolute atomic E-state index is 12.3. The maximum atomic E-state index is 12.3. The average Bonchev–Trinajstić information content (AvgIpc) is 3.10. The minimum absolute atomic E-state index is 0.0303. The lowest BCUT2D eigenvalue weighted by Gasteiger charge is -2.11. The number of nitrogens with zero attached hydrogens (tertiary/aromatic N) is 2. The highest BCUT2D eigenvalue weighted by atomic mass is 32.2. The lowest BCUT2D eigenvalue weighted by molar-refractivity contribution is -0.115. The smallest absolute Gasteiger partial charge is 0.387 e. The van der Waals surface area contributed by atoms with Gasteiger partial charge in [0.2, 0.25) is 11.0 Å². The molecule has 0 aliphatic heterocycles. The first-order valence-electron chi connectivity index (χ1n) is 8.17. The number of hydrogen-bond acceptors (Lipinski definition) is 7. The molecular weight excluding hydrogens is 406 g/mol. The van der Waals surface area contributed by atoms with E-state index in [2.05, 4.69) is 25.6 Å². The number of carbonyl (C=O) groups excluding carboxylic acids is 1. The van der Waals surface area contributed by atoms with Gasteiger partial charge in [-0.25, -0.2) is 0 Å². The van der Waals surface area contributed by atoms with Gasteiger partial charge >= 0.3 is 6.61 Å². The Hall–Kier alpha value is -2.72. The number of amides is 1. The quantitative estimate of drug-likeness (QED) is 0.498. The summed E-state index contributed by atoms with van der Waals surface area (Å²) in [5.74, 6) is -0.206. The van der Waals surface area contributed by atoms with Crippen LogP contribution in [0.4, 0.5) is 25.3 Å². The lowest BCUT2D eigenvalue weighted by atomic mass is 10.3. The molecule has 0 saturated heterocycles. The second-order valence-corrected chi connectivity index (χ2v) is 8.08. The Labute approximate surface area is 168 Å². The molecule has 0 radical (unpaired) electrons. The number of alkyl halides is 2. The molecule has 1 unspecified atom stereocenters. The standard InChI is InChI=1S/C18H16F2N4O2S2/c1-11(15(25)21-13-7-9-14(10-8-13)26-16(19)20)27-18-24-23-17(28-18)22-12-5-3-2-4-6-12/h2-11,16H,1H3,(H,21,25)(H,22,23). The zero-order valence-corrected chi connectivity index (χ0v) is 16.3. The van der Waals surface area contributed by atoms with E-state index in [0.29, 0.717) is 15.2 Å². The molecule has 0 aliphatic rings. The van der Waals surface area contributed by atoms with Crippen molar-refractivity contribution < 1.29 is 18.3 Å². The van der Waals surface area contributed by atoms with Gasteiger partial charge in [0.15, 0.2) is 4.34 Å². The van der Waals surface area contributed by atoms with Crippen LogP contribution in [0, 0.1) is 0 Å². The van der Waals surface area contributed by atoms with Crippen LogP contribution in [-0.4, -0.2) is 28.0 Å². The van der Waals surface area contributed by atoms with Crippen LogP contribution in [0.25, 0.3) is 0 Å². The first kappa shape index (κ1) is 20.0. The van der Waals surface area contributed by atoms with Crippen LogP contribution in [-0.2, 0) is 4.79 Å². The maximum Gasteiger partial charge on any atom is 0.387 e. The number of ether oxygens (including phenoxy) is 1. The molecule has 3 rings (SSSR count). The minimum atomic E-state index is -2.88. The van der Waals surface area contributed by atoms with Gasteiger partial charge in [-0.15, -0.1) is 10.2 Å². The van der Waals surface area contributed by atoms with E-state index in [-0.39, 0.29) is 11.7 Å². The van der Waals surface area contributed by atoms with Crippen LogP contribution >= 0.6 is 23.1 Å². The van der Waals surface area contributed by atoms with Gasteiger partial charge in [0.1, 0.15) is 5.75 Å². The van der Waals surface area contributed by atoms with E-state index in [1.807, 2.05) is 30.3 Å². The van der Waals surface area contributed by atoms with Crippen LogP contribution < -0.4 is 15.4 Å². The van der Waals surface area contributed by atoms with Crippen LogP contribution in [0.2, 0.25) is 0 Å². The summed E-state index contributed by atoms with van der Waals surface area (Å²) in [5.41, 5.74) is 1.39. The highest BCUT2D eigenvalue weighted by Gasteiger charge is 2.17. The Morgan fingerprint density at radius 2 is 1.79 bits per heavy atom. The Kier molecular flexibility index (Phi) is 6.77. The summed E-state index contributed by atoms with van der Waals surface area (Å²) in [6, 6.07) is 15.3. The fraction of sp³-hybridized carbons (Fsp3) is 0.167. The number of thioether (sulfide) groups is 1. The number of carbonyl (C=O) groups is 1. The van der Waals surface area contributed by atoms with E-state index in [1.54, 1.807) is 6.92 Å². The highest BCUT2D eigenvalue weighted by Crippen LogP contribution is 2.31. The lowest BCUT2D eigenvalue weighted by Crippen LogP contribution is -2.22. The Balaban J connectivity index is 1.53. The van der Waals surface area contributed by atoms with E-state index < -0.39 is 11.9 Å². The fourth-order valence-corrected chi connectivity index (χ4v) is 4.04. The summed E-state index contributed by atoms with van der Waals surface area (Å²) in [4.78, 5) is 12.3. The third-order valence-corrected chi connectivity index (χ3v) is 5.45. The van der Waals surface area contributed by atoms with Crippen molar-refractivity contribution in [1.82, 2.24) is 10.2 Å². The molecule has 2 N–H and O–H groups in total. The first-order chi connectivity index (χ1) is 13.5. The van der Waals surface area contributed by atoms with Gasteiger partial charge in [-0.05, 0) is 43.3 Å². The van der Waals surface area contributed by atoms with Crippen molar-refractivity contribution >= 4 is 45.5 Å². The predicted molar refractivity (Wildman–Crippen MR) is 107 cm³/mol. The van der Waals surface area contributed by atoms with Crippen molar-refractivity contribution in [2.45, 2.75) is 23.1 Å². The number of rotatable bonds is 8. The van der Waals surface area contributed by atoms with E-state index in [1.165, 1.54) is 47.4 Å². The Morgan fingerprint density at radius 1 is 1.07 bits per heavy atom. The van der Waals surface area contributed by atoms with Gasteiger partial charge in [-0.2, -0.15) is 8.78 Å². The number of aromatic nitrogens is 2. The number of halogens is 2. The van der Waals surface area contributed by atoms with E-state index in [0.717, 1.165) is 5.69 Å². The molecule has 0 aliphatic carbocycles. The third-order valence-electron chi connectivity index (χ3n) is 3.43. The van der Waals surface area contributed by atoms with Crippen LogP contribution in [0.3, 0.4) is 0 Å². The number of benzene rings is 2. The summed E-state index contributed by atoms with van der Waals surface area (Å²) >= 11 is 2.63. The molecule has 0 bridgehead atoms. The highest BCUT2D eigenvalue weighted by molar-refractivity contribution is 8.02. The predicted octanol–water partition coefficient (Wildman–Crippen LogP) is 5.00. The van der Waals surface area contributed by atoms with Gasteiger partial charge in [0.25, 0.3) is 0 Å². The number of para-hydroxylation sites is 1. The molecule has 146 valence electrons. The summed E-state index contributed by atoms with van der Waals surface area (Å²) < 4.78 is 29.2. The monoisotopic (exact) mass is 422 g/mol. The normalized spacial score (nSPS) is 11.9. The molecule has 0 fully saturated rings. The first-order valence-corrected chi connectivity index (χ1v) is 9.87. The zero-order chi connectivity index (χ0) is 19.9. The van der Waals surface area contributed by atoms with Crippen molar-refractivity contribution in [1.29, 1.82) is 0 Å². The van der Waals surface area contributed by atoms with Gasteiger partial charge in [0.05, 0.1) is 5.25 Å². The second kappa shape index (κ2) is 9.47. The van der Waals surface area contributed by atoms with Crippen molar-refractivity contribution in [2.75, 3.05) is 10.6 Å². The van der Waals surface area contributed by atoms with Crippen molar-refractivity contribution in [2.24, 2.45) is 0 Å². The summed E-state index contributed by atoms with van der Waals surface area (Å²) in [7, 11) is 0. The SMILES string of the molecule is CC(Sc1nnc(Nc2ccccc2)s1)C(=O)Nc1ccc(OC(F)F)cc1. The summed E-state index contributed by atoms with van der Waals surface area (Å²) in [6.07, 6.45) is 0. The number of anilines is 3. The molecule has 10 heteroatoms. The molecule has 0 saturated carbocycles. The van der Waals surface area contributed by atoms with Crippen molar-refractivity contribution in [3.05, 3.63) is 54.6 Å². The molecular formula is C18H16F2N4O2S2. The number of hydrogen-bond donors (Lipinski definition) is 2. The average molecular weight is 422 g/mol. The van der Waals surface area contributed by atoms with E-state index >= 15 is 0 Å². The molecule has 1 heterocycles. The van der Waals surface area contributed by atoms with Gasteiger partial charge < -0.3 is 15.4 Å². The van der Waals surface area contributed by atoms with E-state index in [4.69, 9.17) is 0 Å². The Morgan fingerprint density at radius 3 is 2.46 bits per heavy atom. The molecule has 6 nitrogen and oxygen atoms in total. The molecule has 28 heavy (non-hydrogen) atoms. The van der Waals surface area contributed by atoms with Crippen LogP contribution in [0.5, 0.6) is 5.75 Å². The van der Waals surface area contributed by atoms with E-state index in [9.17, 15) is 13.6 Å². The van der Waals surface area contributed by atoms with Gasteiger partial charge in [0, 0.05) is 11.4 Å². The van der Waals surface area contributed by atoms with Crippen molar-refractivity contribution in [3.8, 4) is 5.75 Å². The van der Waals surface area contributed by atoms with Crippen LogP contribution in [0.15, 0.2) is 58.9 Å². The largest absolute Gasteiger partial charge is 0.435 e. The minimum Gasteiger partial charge on any atom is -0.435 e. The molecule has 1 aromatic heterocycles. The fourth-order valence-electron chi connectivity index (χ4n) is 2.12. The van der Waals surface area contributed by atoms with Gasteiger partial charge in [-0.1, -0.05) is 41.3 Å². The topological polar surface area (TPSA) is 76.1 Å². The second-order valence-electron chi connectivity index (χ2n) is 5.52. The summed E-state index contributed by atoms with van der Waals surface area (Å²) in [6.45, 7) is -1.13. The molecule has 1 atom stereocenters. The molecule has 1 amide bonds. The van der Waals surface area contributed by atoms with Crippen molar-refractivity contribution in [3.63, 3.8) is 0 Å². The Bertz CT molecular complexity index is 907. The zero-order valence-electron chi connectivity index (χ0n) is 14.6. The number of nitrogens with one attached hydrogen (secondary N) is 2.